The molecule has 5 heterocycles. The second kappa shape index (κ2) is 14.8. The Labute approximate surface area is 308 Å². The number of piperazine rings is 1. The quantitative estimate of drug-likeness (QED) is 0.140. The van der Waals surface area contributed by atoms with E-state index in [1.54, 1.807) is 21.6 Å². The monoisotopic (exact) mass is 711 g/mol. The lowest BCUT2D eigenvalue weighted by molar-refractivity contribution is -0.134. The Hall–Kier alpha value is -5.62. The number of fused-ring (bicyclic) bond motifs is 2. The lowest BCUT2D eigenvalue weighted by atomic mass is 9.90. The maximum atomic E-state index is 13.5. The summed E-state index contributed by atoms with van der Waals surface area (Å²) in [6.45, 7) is 11.2. The van der Waals surface area contributed by atoms with Crippen LogP contribution in [-0.2, 0) is 29.0 Å². The first-order valence-electron chi connectivity index (χ1n) is 18.7. The predicted octanol–water partition coefficient (Wildman–Crippen LogP) is 5.23. The van der Waals surface area contributed by atoms with Crippen molar-refractivity contribution in [3.05, 3.63) is 112 Å². The summed E-state index contributed by atoms with van der Waals surface area (Å²) in [5, 5.41) is 6.23. The van der Waals surface area contributed by atoms with E-state index in [0.717, 1.165) is 75.4 Å². The molecule has 0 bridgehead atoms. The summed E-state index contributed by atoms with van der Waals surface area (Å²) < 4.78 is 3.43. The van der Waals surface area contributed by atoms with Crippen LogP contribution >= 0.6 is 0 Å². The van der Waals surface area contributed by atoms with Gasteiger partial charge in [0, 0.05) is 68.3 Å². The van der Waals surface area contributed by atoms with Gasteiger partial charge in [-0.2, -0.15) is 4.98 Å². The van der Waals surface area contributed by atoms with E-state index in [1.807, 2.05) is 30.3 Å². The minimum Gasteiger partial charge on any atom is -0.369 e. The fourth-order valence-electron chi connectivity index (χ4n) is 7.98. The van der Waals surface area contributed by atoms with Gasteiger partial charge in [-0.3, -0.25) is 24.6 Å². The van der Waals surface area contributed by atoms with Gasteiger partial charge in [0.2, 0.25) is 17.8 Å². The van der Waals surface area contributed by atoms with Crippen molar-refractivity contribution in [2.45, 2.75) is 63.8 Å². The minimum absolute atomic E-state index is 0.175. The third-order valence-corrected chi connectivity index (χ3v) is 11.0. The van der Waals surface area contributed by atoms with Crippen LogP contribution in [0.5, 0.6) is 0 Å². The molecule has 0 spiro atoms. The van der Waals surface area contributed by atoms with E-state index in [0.29, 0.717) is 48.1 Å². The highest BCUT2D eigenvalue weighted by molar-refractivity contribution is 6.00. The van der Waals surface area contributed by atoms with Crippen LogP contribution in [0.25, 0.3) is 16.9 Å². The number of pyridine rings is 1. The highest BCUT2D eigenvalue weighted by Crippen LogP contribution is 2.35. The number of benzene rings is 2. The number of aromatic nitrogens is 5. The van der Waals surface area contributed by atoms with Crippen molar-refractivity contribution >= 4 is 40.2 Å². The number of hydrogen-bond donors (Lipinski definition) is 2. The topological polar surface area (TPSA) is 130 Å². The van der Waals surface area contributed by atoms with Gasteiger partial charge in [0.1, 0.15) is 5.39 Å². The first-order valence-corrected chi connectivity index (χ1v) is 18.7. The lowest BCUT2D eigenvalue weighted by Gasteiger charge is -2.36. The number of imide groups is 1. The van der Waals surface area contributed by atoms with E-state index in [-0.39, 0.29) is 23.3 Å². The molecule has 0 saturated carbocycles. The number of amides is 2. The number of carbonyl (C=O) groups is 2. The number of piperidine rings is 1. The summed E-state index contributed by atoms with van der Waals surface area (Å²) in [6, 6.07) is 20.7. The van der Waals surface area contributed by atoms with Gasteiger partial charge in [-0.25, -0.2) is 19.3 Å². The molecule has 2 fully saturated rings. The van der Waals surface area contributed by atoms with Crippen LogP contribution in [-0.4, -0.2) is 73.8 Å². The van der Waals surface area contributed by atoms with Crippen molar-refractivity contribution in [2.24, 2.45) is 0 Å². The Morgan fingerprint density at radius 3 is 2.45 bits per heavy atom. The summed E-state index contributed by atoms with van der Waals surface area (Å²) in [4.78, 5) is 56.5. The third-order valence-electron chi connectivity index (χ3n) is 11.0. The van der Waals surface area contributed by atoms with E-state index >= 15 is 0 Å². The SMILES string of the molecule is C=CCn1c(=O)c2cnc(Nc3ccc(N4CCN(CCc5ccc(C6CCC(=O)NC6=O)cc5)CC4)cc3)nc2n1-c1ccc2c(n1)C(CC)CC2. The molecule has 272 valence electrons. The van der Waals surface area contributed by atoms with Crippen LogP contribution in [0.1, 0.15) is 66.8 Å². The molecule has 2 aromatic carbocycles. The minimum atomic E-state index is -0.245. The van der Waals surface area contributed by atoms with Gasteiger partial charge < -0.3 is 10.2 Å². The fourth-order valence-corrected chi connectivity index (χ4v) is 7.98. The zero-order valence-corrected chi connectivity index (χ0v) is 30.1. The fraction of sp³-hybridized carbons (Fsp3) is 0.366. The molecular weight excluding hydrogens is 667 g/mol. The van der Waals surface area contributed by atoms with Gasteiger partial charge in [0.15, 0.2) is 11.5 Å². The molecular formula is C41H45N9O3. The second-order valence-corrected chi connectivity index (χ2v) is 14.3. The van der Waals surface area contributed by atoms with Crippen molar-refractivity contribution in [3.8, 4) is 5.82 Å². The first kappa shape index (κ1) is 34.5. The number of aryl methyl sites for hydroxylation is 1. The Bertz CT molecular complexity index is 2220. The van der Waals surface area contributed by atoms with Gasteiger partial charge in [-0.05, 0) is 79.1 Å². The maximum Gasteiger partial charge on any atom is 0.278 e. The maximum absolute atomic E-state index is 13.5. The lowest BCUT2D eigenvalue weighted by Crippen LogP contribution is -2.47. The Kier molecular flexibility index (Phi) is 9.61. The number of allylic oxidation sites excluding steroid dienone is 1. The van der Waals surface area contributed by atoms with Crippen molar-refractivity contribution in [1.29, 1.82) is 0 Å². The molecule has 2 unspecified atom stereocenters. The summed E-state index contributed by atoms with van der Waals surface area (Å²) in [5.41, 5.74) is 6.98. The van der Waals surface area contributed by atoms with Gasteiger partial charge >= 0.3 is 0 Å². The average Bonchev–Trinajstić information content (AvgIpc) is 3.72. The molecule has 0 radical (unpaired) electrons. The Morgan fingerprint density at radius 1 is 0.925 bits per heavy atom. The molecule has 12 heteroatoms. The summed E-state index contributed by atoms with van der Waals surface area (Å²) in [5.74, 6) is 0.882. The molecule has 12 nitrogen and oxygen atoms in total. The molecule has 2 saturated heterocycles. The van der Waals surface area contributed by atoms with Gasteiger partial charge in [-0.1, -0.05) is 43.3 Å². The van der Waals surface area contributed by atoms with Gasteiger partial charge in [-0.15, -0.1) is 6.58 Å². The van der Waals surface area contributed by atoms with Crippen molar-refractivity contribution < 1.29 is 9.59 Å². The number of nitrogens with zero attached hydrogens (tertiary/aromatic N) is 7. The van der Waals surface area contributed by atoms with E-state index < -0.39 is 0 Å². The summed E-state index contributed by atoms with van der Waals surface area (Å²) in [7, 11) is 0. The highest BCUT2D eigenvalue weighted by Gasteiger charge is 2.28. The number of rotatable bonds is 11. The molecule has 3 aromatic heterocycles. The summed E-state index contributed by atoms with van der Waals surface area (Å²) >= 11 is 0. The van der Waals surface area contributed by atoms with E-state index in [9.17, 15) is 14.4 Å². The van der Waals surface area contributed by atoms with Crippen LogP contribution in [0.4, 0.5) is 17.3 Å². The van der Waals surface area contributed by atoms with Crippen molar-refractivity contribution in [2.75, 3.05) is 42.9 Å². The number of hydrogen-bond acceptors (Lipinski definition) is 9. The molecule has 5 aromatic rings. The van der Waals surface area contributed by atoms with Crippen LogP contribution in [0.15, 0.2) is 84.3 Å². The Morgan fingerprint density at radius 2 is 1.72 bits per heavy atom. The van der Waals surface area contributed by atoms with Crippen LogP contribution < -0.4 is 21.1 Å². The molecule has 8 rings (SSSR count). The smallest absolute Gasteiger partial charge is 0.278 e. The van der Waals surface area contributed by atoms with Gasteiger partial charge in [0.25, 0.3) is 5.56 Å². The second-order valence-electron chi connectivity index (χ2n) is 14.3. The predicted molar refractivity (Wildman–Crippen MR) is 206 cm³/mol. The highest BCUT2D eigenvalue weighted by atomic mass is 16.2. The van der Waals surface area contributed by atoms with Crippen LogP contribution in [0.3, 0.4) is 0 Å². The van der Waals surface area contributed by atoms with Crippen molar-refractivity contribution in [1.82, 2.24) is 34.5 Å². The van der Waals surface area contributed by atoms with E-state index in [2.05, 4.69) is 69.3 Å². The van der Waals surface area contributed by atoms with Gasteiger partial charge in [0.05, 0.1) is 12.5 Å². The van der Waals surface area contributed by atoms with E-state index in [1.165, 1.54) is 16.8 Å². The number of nitrogens with one attached hydrogen (secondary N) is 2. The largest absolute Gasteiger partial charge is 0.369 e. The normalized spacial score (nSPS) is 19.0. The first-order chi connectivity index (χ1) is 25.9. The Balaban J connectivity index is 0.896. The molecule has 2 N–H and O–H groups in total. The number of carbonyl (C=O) groups excluding carboxylic acids is 2. The molecule has 1 aliphatic carbocycles. The molecule has 3 aliphatic rings. The molecule has 53 heavy (non-hydrogen) atoms. The average molecular weight is 712 g/mol. The third kappa shape index (κ3) is 6.98. The summed E-state index contributed by atoms with van der Waals surface area (Å²) in [6.07, 6.45) is 8.39. The van der Waals surface area contributed by atoms with E-state index in [4.69, 9.17) is 9.97 Å². The zero-order chi connectivity index (χ0) is 36.5. The molecule has 2 aliphatic heterocycles. The van der Waals surface area contributed by atoms with Crippen LogP contribution in [0, 0.1) is 0 Å². The number of anilines is 3. The van der Waals surface area contributed by atoms with Crippen molar-refractivity contribution in [3.63, 3.8) is 0 Å². The standard InChI is InChI=1S/C41H45N9O3/c1-3-20-49-40(53)34-26-42-41(46-38(34)50(49)35-17-11-30-10-9-28(4-2)37(30)44-35)43-31-12-14-32(15-13-31)48-24-22-47(23-25-48)21-19-27-5-7-29(8-6-27)33-16-18-36(51)45-39(33)52/h3,5-8,11-15,17,26,28,33H,1,4,9-10,16,18-25H2,2H3,(H,42,43,46)(H,45,51,52). The molecule has 2 amide bonds. The van der Waals surface area contributed by atoms with Crippen LogP contribution in [0.2, 0.25) is 0 Å². The zero-order valence-electron chi connectivity index (χ0n) is 30.1. The molecule has 2 atom stereocenters.